The highest BCUT2D eigenvalue weighted by Crippen LogP contribution is 2.19. The van der Waals surface area contributed by atoms with Crippen LogP contribution in [0.3, 0.4) is 0 Å². The maximum absolute atomic E-state index is 12.3. The van der Waals surface area contributed by atoms with E-state index in [1.165, 1.54) is 0 Å². The summed E-state index contributed by atoms with van der Waals surface area (Å²) in [5.74, 6) is 0.258. The smallest absolute Gasteiger partial charge is 0.283 e. The van der Waals surface area contributed by atoms with Gasteiger partial charge < -0.3 is 15.4 Å². The molecule has 4 nitrogen and oxygen atoms in total. The molecule has 0 spiro atoms. The van der Waals surface area contributed by atoms with E-state index in [-0.39, 0.29) is 4.99 Å². The third-order valence-corrected chi connectivity index (χ3v) is 4.19. The van der Waals surface area contributed by atoms with Crippen molar-refractivity contribution in [1.29, 1.82) is 0 Å². The lowest BCUT2D eigenvalue weighted by molar-refractivity contribution is -0.110. The number of halogens is 1. The van der Waals surface area contributed by atoms with Gasteiger partial charge in [-0.1, -0.05) is 60.2 Å². The van der Waals surface area contributed by atoms with Gasteiger partial charge in [-0.3, -0.25) is 4.79 Å². The molecule has 3 rings (SSSR count). The van der Waals surface area contributed by atoms with Crippen molar-refractivity contribution in [2.45, 2.75) is 6.61 Å². The summed E-state index contributed by atoms with van der Waals surface area (Å²) in [6, 6.07) is 24.0. The van der Waals surface area contributed by atoms with Crippen LogP contribution in [0.25, 0.3) is 0 Å². The van der Waals surface area contributed by atoms with Crippen LogP contribution in [0.4, 0.5) is 11.4 Å². The van der Waals surface area contributed by atoms with Gasteiger partial charge in [0.1, 0.15) is 12.4 Å². The molecule has 0 atom stereocenters. The van der Waals surface area contributed by atoms with Gasteiger partial charge in [-0.05, 0) is 42.0 Å². The molecule has 0 aliphatic rings. The molecule has 0 aliphatic heterocycles. The average molecular weight is 397 g/mol. The second-order valence-corrected chi connectivity index (χ2v) is 6.56. The van der Waals surface area contributed by atoms with E-state index in [4.69, 9.17) is 28.6 Å². The number of hydrogen-bond donors (Lipinski definition) is 2. The van der Waals surface area contributed by atoms with E-state index in [1.807, 2.05) is 42.5 Å². The van der Waals surface area contributed by atoms with E-state index >= 15 is 0 Å². The van der Waals surface area contributed by atoms with Gasteiger partial charge in [0.25, 0.3) is 5.91 Å². The Hall–Kier alpha value is -2.89. The van der Waals surface area contributed by atoms with Crippen LogP contribution in [0, 0.1) is 0 Å². The van der Waals surface area contributed by atoms with Crippen molar-refractivity contribution in [2.75, 3.05) is 10.6 Å². The number of nitrogens with one attached hydrogen (secondary N) is 2. The SMILES string of the molecule is O=C(Nc1cccc(OCc2ccccc2)c1)C(=S)Nc1ccc(Cl)cc1. The topological polar surface area (TPSA) is 50.4 Å². The molecule has 0 unspecified atom stereocenters. The van der Waals surface area contributed by atoms with E-state index in [1.54, 1.807) is 36.4 Å². The minimum Gasteiger partial charge on any atom is -0.489 e. The number of ether oxygens (including phenoxy) is 1. The number of amides is 1. The Bertz CT molecular complexity index is 930. The molecule has 0 aromatic heterocycles. The van der Waals surface area contributed by atoms with Crippen LogP contribution in [-0.2, 0) is 11.4 Å². The van der Waals surface area contributed by atoms with Crippen molar-refractivity contribution in [3.05, 3.63) is 89.4 Å². The quantitative estimate of drug-likeness (QED) is 0.575. The van der Waals surface area contributed by atoms with Crippen molar-refractivity contribution in [1.82, 2.24) is 0 Å². The number of carbonyl (C=O) groups excluding carboxylic acids is 1. The standard InChI is InChI=1S/C21H17ClN2O2S/c22-16-9-11-17(12-10-16)24-21(27)20(25)23-18-7-4-8-19(13-18)26-14-15-5-2-1-3-6-15/h1-13H,14H2,(H,23,25)(H,24,27). The number of rotatable bonds is 5. The molecule has 27 heavy (non-hydrogen) atoms. The van der Waals surface area contributed by atoms with Gasteiger partial charge in [-0.25, -0.2) is 0 Å². The first-order chi connectivity index (χ1) is 13.1. The molecule has 2 N–H and O–H groups in total. The van der Waals surface area contributed by atoms with Crippen LogP contribution in [0.15, 0.2) is 78.9 Å². The van der Waals surface area contributed by atoms with Gasteiger partial charge in [-0.15, -0.1) is 0 Å². The van der Waals surface area contributed by atoms with Crippen molar-refractivity contribution >= 4 is 46.1 Å². The Labute approximate surface area is 168 Å². The maximum Gasteiger partial charge on any atom is 0.283 e. The minimum absolute atomic E-state index is 0.0629. The van der Waals surface area contributed by atoms with Crippen molar-refractivity contribution in [3.63, 3.8) is 0 Å². The van der Waals surface area contributed by atoms with E-state index in [2.05, 4.69) is 10.6 Å². The molecule has 3 aromatic rings. The van der Waals surface area contributed by atoms with E-state index in [9.17, 15) is 4.79 Å². The van der Waals surface area contributed by atoms with Crippen molar-refractivity contribution in [2.24, 2.45) is 0 Å². The van der Waals surface area contributed by atoms with Crippen LogP contribution in [0.2, 0.25) is 5.02 Å². The normalized spacial score (nSPS) is 10.1. The summed E-state index contributed by atoms with van der Waals surface area (Å²) in [5.41, 5.74) is 2.37. The summed E-state index contributed by atoms with van der Waals surface area (Å²) < 4.78 is 5.77. The number of benzene rings is 3. The maximum atomic E-state index is 12.3. The second kappa shape index (κ2) is 9.16. The predicted molar refractivity (Wildman–Crippen MR) is 114 cm³/mol. The van der Waals surface area contributed by atoms with Crippen LogP contribution in [0.1, 0.15) is 5.56 Å². The Balaban J connectivity index is 1.57. The lowest BCUT2D eigenvalue weighted by Gasteiger charge is -2.11. The third-order valence-electron chi connectivity index (χ3n) is 3.65. The second-order valence-electron chi connectivity index (χ2n) is 5.72. The zero-order chi connectivity index (χ0) is 19.1. The molecule has 0 heterocycles. The number of hydrogen-bond acceptors (Lipinski definition) is 3. The Morgan fingerprint density at radius 1 is 0.889 bits per heavy atom. The summed E-state index contributed by atoms with van der Waals surface area (Å²) in [6.45, 7) is 0.453. The molecule has 0 radical (unpaired) electrons. The van der Waals surface area contributed by atoms with Gasteiger partial charge in [0, 0.05) is 22.5 Å². The van der Waals surface area contributed by atoms with E-state index < -0.39 is 5.91 Å². The van der Waals surface area contributed by atoms with Crippen LogP contribution >= 0.6 is 23.8 Å². The highest BCUT2D eigenvalue weighted by atomic mass is 35.5. The highest BCUT2D eigenvalue weighted by molar-refractivity contribution is 7.82. The lowest BCUT2D eigenvalue weighted by atomic mass is 10.2. The number of anilines is 2. The van der Waals surface area contributed by atoms with Gasteiger partial charge in [0.2, 0.25) is 0 Å². The van der Waals surface area contributed by atoms with Crippen molar-refractivity contribution in [3.8, 4) is 5.75 Å². The molecule has 1 amide bonds. The summed E-state index contributed by atoms with van der Waals surface area (Å²) >= 11 is 11.0. The third kappa shape index (κ3) is 5.81. The number of thiocarbonyl (C=S) groups is 1. The lowest BCUT2D eigenvalue weighted by Crippen LogP contribution is -2.27. The minimum atomic E-state index is -0.403. The molecular formula is C21H17ClN2O2S. The fraction of sp³-hybridized carbons (Fsp3) is 0.0476. The number of carbonyl (C=O) groups is 1. The summed E-state index contributed by atoms with van der Waals surface area (Å²) in [5, 5.41) is 6.26. The fourth-order valence-electron chi connectivity index (χ4n) is 2.31. The van der Waals surface area contributed by atoms with Crippen molar-refractivity contribution < 1.29 is 9.53 Å². The molecule has 6 heteroatoms. The van der Waals surface area contributed by atoms with Gasteiger partial charge in [-0.2, -0.15) is 0 Å². The summed E-state index contributed by atoms with van der Waals surface area (Å²) in [6.07, 6.45) is 0. The average Bonchev–Trinajstić information content (AvgIpc) is 2.69. The Morgan fingerprint density at radius 3 is 2.37 bits per heavy atom. The van der Waals surface area contributed by atoms with E-state index in [0.717, 1.165) is 5.56 Å². The van der Waals surface area contributed by atoms with Crippen LogP contribution < -0.4 is 15.4 Å². The predicted octanol–water partition coefficient (Wildman–Crippen LogP) is 5.30. The molecule has 0 saturated carbocycles. The van der Waals surface area contributed by atoms with Gasteiger partial charge in [0.05, 0.1) is 0 Å². The van der Waals surface area contributed by atoms with Crippen LogP contribution in [0.5, 0.6) is 5.75 Å². The first-order valence-electron chi connectivity index (χ1n) is 8.25. The summed E-state index contributed by atoms with van der Waals surface area (Å²) in [7, 11) is 0. The fourth-order valence-corrected chi connectivity index (χ4v) is 2.61. The zero-order valence-electron chi connectivity index (χ0n) is 14.3. The molecule has 0 saturated heterocycles. The Kier molecular flexibility index (Phi) is 6.41. The molecule has 0 aliphatic carbocycles. The molecule has 0 bridgehead atoms. The molecule has 0 fully saturated rings. The van der Waals surface area contributed by atoms with Crippen LogP contribution in [-0.4, -0.2) is 10.9 Å². The van der Waals surface area contributed by atoms with Gasteiger partial charge in [0.15, 0.2) is 4.99 Å². The first kappa shape index (κ1) is 18.9. The monoisotopic (exact) mass is 396 g/mol. The molecular weight excluding hydrogens is 380 g/mol. The Morgan fingerprint density at radius 2 is 1.63 bits per heavy atom. The zero-order valence-corrected chi connectivity index (χ0v) is 15.9. The largest absolute Gasteiger partial charge is 0.489 e. The highest BCUT2D eigenvalue weighted by Gasteiger charge is 2.10. The summed E-state index contributed by atoms with van der Waals surface area (Å²) in [4.78, 5) is 12.4. The van der Waals surface area contributed by atoms with Gasteiger partial charge >= 0.3 is 0 Å². The van der Waals surface area contributed by atoms with E-state index in [0.29, 0.717) is 28.8 Å². The molecule has 136 valence electrons. The molecule has 3 aromatic carbocycles. The first-order valence-corrected chi connectivity index (χ1v) is 9.03.